The SMILES string of the molecule is COC(=O)c1ccc(F)c(NC2CC(C)(C)OC2(C)C)c1. The van der Waals surface area contributed by atoms with Gasteiger partial charge in [-0.05, 0) is 52.3 Å². The van der Waals surface area contributed by atoms with Crippen LogP contribution in [0.4, 0.5) is 10.1 Å². The largest absolute Gasteiger partial charge is 0.465 e. The molecule has 1 saturated heterocycles. The summed E-state index contributed by atoms with van der Waals surface area (Å²) in [5.74, 6) is -0.886. The number of ether oxygens (including phenoxy) is 2. The smallest absolute Gasteiger partial charge is 0.337 e. The predicted octanol–water partition coefficient (Wildman–Crippen LogP) is 3.37. The lowest BCUT2D eigenvalue weighted by Gasteiger charge is -2.28. The lowest BCUT2D eigenvalue weighted by molar-refractivity contribution is -0.0662. The van der Waals surface area contributed by atoms with Crippen LogP contribution >= 0.6 is 0 Å². The van der Waals surface area contributed by atoms with Gasteiger partial charge in [0.1, 0.15) is 5.82 Å². The second-order valence-corrected chi connectivity index (χ2v) is 6.55. The van der Waals surface area contributed by atoms with E-state index in [0.717, 1.165) is 6.42 Å². The van der Waals surface area contributed by atoms with Crippen molar-refractivity contribution in [1.82, 2.24) is 0 Å². The van der Waals surface area contributed by atoms with Gasteiger partial charge in [-0.15, -0.1) is 0 Å². The van der Waals surface area contributed by atoms with Crippen molar-refractivity contribution >= 4 is 11.7 Å². The molecule has 0 radical (unpaired) electrons. The van der Waals surface area contributed by atoms with Gasteiger partial charge < -0.3 is 14.8 Å². The van der Waals surface area contributed by atoms with Gasteiger partial charge in [0, 0.05) is 0 Å². The van der Waals surface area contributed by atoms with Gasteiger partial charge in [0.2, 0.25) is 0 Å². The van der Waals surface area contributed by atoms with Crippen molar-refractivity contribution in [2.75, 3.05) is 12.4 Å². The summed E-state index contributed by atoms with van der Waals surface area (Å²) in [5, 5.41) is 3.17. The Morgan fingerprint density at radius 2 is 2.05 bits per heavy atom. The van der Waals surface area contributed by atoms with E-state index in [2.05, 4.69) is 10.1 Å². The number of carbonyl (C=O) groups excluding carboxylic acids is 1. The third-order valence-corrected chi connectivity index (χ3v) is 3.79. The molecule has 1 heterocycles. The molecule has 0 saturated carbocycles. The summed E-state index contributed by atoms with van der Waals surface area (Å²) in [4.78, 5) is 11.5. The highest BCUT2D eigenvalue weighted by molar-refractivity contribution is 5.90. The Bertz CT molecular complexity index is 554. The summed E-state index contributed by atoms with van der Waals surface area (Å²) < 4.78 is 24.6. The first-order valence-corrected chi connectivity index (χ1v) is 6.99. The van der Waals surface area contributed by atoms with Gasteiger partial charge in [0.15, 0.2) is 0 Å². The van der Waals surface area contributed by atoms with Crippen molar-refractivity contribution in [3.8, 4) is 0 Å². The molecule has 1 aromatic carbocycles. The zero-order chi connectivity index (χ0) is 15.8. The number of carbonyl (C=O) groups is 1. The number of halogens is 1. The minimum Gasteiger partial charge on any atom is -0.465 e. The minimum absolute atomic E-state index is 0.0464. The maximum Gasteiger partial charge on any atom is 0.337 e. The average Bonchev–Trinajstić information content (AvgIpc) is 2.58. The van der Waals surface area contributed by atoms with Crippen LogP contribution in [0, 0.1) is 5.82 Å². The maximum absolute atomic E-state index is 14.0. The third-order valence-electron chi connectivity index (χ3n) is 3.79. The van der Waals surface area contributed by atoms with E-state index in [9.17, 15) is 9.18 Å². The van der Waals surface area contributed by atoms with Crippen LogP contribution in [-0.4, -0.2) is 30.3 Å². The van der Waals surface area contributed by atoms with Crippen molar-refractivity contribution < 1.29 is 18.7 Å². The Kier molecular flexibility index (Phi) is 3.97. The molecule has 4 nitrogen and oxygen atoms in total. The first-order valence-electron chi connectivity index (χ1n) is 6.99. The van der Waals surface area contributed by atoms with Gasteiger partial charge in [-0.25, -0.2) is 9.18 Å². The molecule has 5 heteroatoms. The van der Waals surface area contributed by atoms with Crippen molar-refractivity contribution in [2.45, 2.75) is 51.4 Å². The molecule has 1 aliphatic heterocycles. The number of anilines is 1. The normalized spacial score (nSPS) is 22.9. The summed E-state index contributed by atoms with van der Waals surface area (Å²) in [6.45, 7) is 7.97. The Labute approximate surface area is 124 Å². The predicted molar refractivity (Wildman–Crippen MR) is 79.0 cm³/mol. The van der Waals surface area contributed by atoms with Crippen molar-refractivity contribution in [1.29, 1.82) is 0 Å². The van der Waals surface area contributed by atoms with E-state index < -0.39 is 17.4 Å². The molecule has 1 atom stereocenters. The summed E-state index contributed by atoms with van der Waals surface area (Å²) in [7, 11) is 1.30. The molecule has 0 aromatic heterocycles. The quantitative estimate of drug-likeness (QED) is 0.869. The van der Waals surface area contributed by atoms with Crippen LogP contribution in [0.5, 0.6) is 0 Å². The molecular formula is C16H22FNO3. The molecule has 1 unspecified atom stereocenters. The maximum atomic E-state index is 14.0. The topological polar surface area (TPSA) is 47.6 Å². The monoisotopic (exact) mass is 295 g/mol. The first-order chi connectivity index (χ1) is 9.64. The van der Waals surface area contributed by atoms with Crippen LogP contribution in [-0.2, 0) is 9.47 Å². The van der Waals surface area contributed by atoms with E-state index in [1.54, 1.807) is 0 Å². The van der Waals surface area contributed by atoms with Crippen LogP contribution in [0.1, 0.15) is 44.5 Å². The van der Waals surface area contributed by atoms with Crippen molar-refractivity contribution in [2.24, 2.45) is 0 Å². The molecule has 2 rings (SSSR count). The van der Waals surface area contributed by atoms with E-state index in [-0.39, 0.29) is 17.3 Å². The fourth-order valence-electron chi connectivity index (χ4n) is 2.86. The standard InChI is InChI=1S/C16H22FNO3/c1-15(2)9-13(16(3,4)21-15)18-12-8-10(14(19)20-5)6-7-11(12)17/h6-8,13,18H,9H2,1-5H3. The van der Waals surface area contributed by atoms with E-state index in [1.165, 1.54) is 25.3 Å². The first kappa shape index (κ1) is 15.8. The highest BCUT2D eigenvalue weighted by Gasteiger charge is 2.46. The van der Waals surface area contributed by atoms with Gasteiger partial charge in [0.25, 0.3) is 0 Å². The number of methoxy groups -OCH3 is 1. The Morgan fingerprint density at radius 1 is 1.38 bits per heavy atom. The lowest BCUT2D eigenvalue weighted by Crippen LogP contribution is -2.38. The number of hydrogen-bond donors (Lipinski definition) is 1. The molecule has 116 valence electrons. The van der Waals surface area contributed by atoms with Crippen molar-refractivity contribution in [3.63, 3.8) is 0 Å². The Balaban J connectivity index is 2.25. The van der Waals surface area contributed by atoms with Gasteiger partial charge in [-0.2, -0.15) is 0 Å². The van der Waals surface area contributed by atoms with Crippen LogP contribution in [0.15, 0.2) is 18.2 Å². The fraction of sp³-hybridized carbons (Fsp3) is 0.562. The Hall–Kier alpha value is -1.62. The molecule has 0 aliphatic carbocycles. The van der Waals surface area contributed by atoms with Gasteiger partial charge in [-0.1, -0.05) is 0 Å². The lowest BCUT2D eigenvalue weighted by atomic mass is 9.94. The summed E-state index contributed by atoms with van der Waals surface area (Å²) >= 11 is 0. The van der Waals surface area contributed by atoms with Crippen LogP contribution in [0.2, 0.25) is 0 Å². The van der Waals surface area contributed by atoms with Crippen LogP contribution < -0.4 is 5.32 Å². The molecule has 21 heavy (non-hydrogen) atoms. The highest BCUT2D eigenvalue weighted by Crippen LogP contribution is 2.39. The second-order valence-electron chi connectivity index (χ2n) is 6.55. The molecule has 0 bridgehead atoms. The zero-order valence-corrected chi connectivity index (χ0v) is 13.1. The van der Waals surface area contributed by atoms with E-state index in [1.807, 2.05) is 27.7 Å². The summed E-state index contributed by atoms with van der Waals surface area (Å²) in [6.07, 6.45) is 0.752. The van der Waals surface area contributed by atoms with Gasteiger partial charge in [0.05, 0.1) is 35.6 Å². The van der Waals surface area contributed by atoms with Crippen LogP contribution in [0.3, 0.4) is 0 Å². The molecule has 0 spiro atoms. The van der Waals surface area contributed by atoms with Gasteiger partial charge in [-0.3, -0.25) is 0 Å². The minimum atomic E-state index is -0.486. The average molecular weight is 295 g/mol. The third kappa shape index (κ3) is 3.35. The summed E-state index contributed by atoms with van der Waals surface area (Å²) in [5.41, 5.74) is -0.0795. The molecule has 1 N–H and O–H groups in total. The highest BCUT2D eigenvalue weighted by atomic mass is 19.1. The molecule has 1 aromatic rings. The molecule has 1 fully saturated rings. The zero-order valence-electron chi connectivity index (χ0n) is 13.1. The van der Waals surface area contributed by atoms with Crippen LogP contribution in [0.25, 0.3) is 0 Å². The van der Waals surface area contributed by atoms with E-state index in [4.69, 9.17) is 4.74 Å². The second kappa shape index (κ2) is 5.30. The fourth-order valence-corrected chi connectivity index (χ4v) is 2.86. The number of hydrogen-bond acceptors (Lipinski definition) is 4. The molecule has 1 aliphatic rings. The van der Waals surface area contributed by atoms with Gasteiger partial charge >= 0.3 is 5.97 Å². The Morgan fingerprint density at radius 3 is 2.57 bits per heavy atom. The number of esters is 1. The molecular weight excluding hydrogens is 273 g/mol. The number of rotatable bonds is 3. The number of benzene rings is 1. The van der Waals surface area contributed by atoms with E-state index >= 15 is 0 Å². The molecule has 0 amide bonds. The summed E-state index contributed by atoms with van der Waals surface area (Å²) in [6, 6.07) is 4.10. The van der Waals surface area contributed by atoms with Crippen molar-refractivity contribution in [3.05, 3.63) is 29.6 Å². The van der Waals surface area contributed by atoms with E-state index in [0.29, 0.717) is 5.56 Å². The number of nitrogens with one attached hydrogen (secondary N) is 1.